The van der Waals surface area contributed by atoms with Crippen LogP contribution in [-0.4, -0.2) is 10.6 Å². The molecule has 2 heteroatoms. The Morgan fingerprint density at radius 1 is 1.55 bits per heavy atom. The van der Waals surface area contributed by atoms with Gasteiger partial charge in [0.25, 0.3) is 0 Å². The highest BCUT2D eigenvalue weighted by atomic mass is 79.9. The van der Waals surface area contributed by atoms with Gasteiger partial charge >= 0.3 is 0 Å². The van der Waals surface area contributed by atoms with Gasteiger partial charge in [0.1, 0.15) is 5.78 Å². The maximum Gasteiger partial charge on any atom is 0.149 e. The van der Waals surface area contributed by atoms with Crippen LogP contribution in [-0.2, 0) is 4.79 Å². The van der Waals surface area contributed by atoms with E-state index in [2.05, 4.69) is 22.9 Å². The van der Waals surface area contributed by atoms with Gasteiger partial charge < -0.3 is 0 Å². The fourth-order valence-corrected chi connectivity index (χ4v) is 3.68. The molecule has 2 rings (SSSR count). The maximum atomic E-state index is 11.4. The van der Waals surface area contributed by atoms with Crippen molar-refractivity contribution in [1.82, 2.24) is 0 Å². The smallest absolute Gasteiger partial charge is 0.149 e. The average Bonchev–Trinajstić information content (AvgIpc) is 2.53. The van der Waals surface area contributed by atoms with E-state index in [9.17, 15) is 4.79 Å². The third-order valence-electron chi connectivity index (χ3n) is 3.32. The molecule has 11 heavy (non-hydrogen) atoms. The Hall–Kier alpha value is 0.150. The average molecular weight is 217 g/mol. The summed E-state index contributed by atoms with van der Waals surface area (Å²) in [6.45, 7) is 2.23. The first-order valence-electron chi connectivity index (χ1n) is 4.41. The van der Waals surface area contributed by atoms with E-state index in [0.29, 0.717) is 17.6 Å². The zero-order valence-corrected chi connectivity index (χ0v) is 8.30. The van der Waals surface area contributed by atoms with Crippen molar-refractivity contribution >= 4 is 21.7 Å². The molecule has 2 fully saturated rings. The van der Waals surface area contributed by atoms with Gasteiger partial charge in [0.2, 0.25) is 0 Å². The molecular weight excluding hydrogens is 204 g/mol. The number of carbonyl (C=O) groups excluding carboxylic acids is 1. The summed E-state index contributed by atoms with van der Waals surface area (Å²) in [6, 6.07) is 0. The van der Waals surface area contributed by atoms with Crippen LogP contribution >= 0.6 is 15.9 Å². The molecule has 0 aromatic carbocycles. The van der Waals surface area contributed by atoms with E-state index in [1.165, 1.54) is 12.8 Å². The zero-order valence-electron chi connectivity index (χ0n) is 6.72. The Morgan fingerprint density at radius 3 is 2.73 bits per heavy atom. The summed E-state index contributed by atoms with van der Waals surface area (Å²) in [7, 11) is 0. The highest BCUT2D eigenvalue weighted by Crippen LogP contribution is 2.50. The fourth-order valence-electron chi connectivity index (χ4n) is 2.65. The normalized spacial score (nSPS) is 48.7. The molecule has 0 N–H and O–H groups in total. The molecule has 0 spiro atoms. The Labute approximate surface area is 75.7 Å². The van der Waals surface area contributed by atoms with E-state index < -0.39 is 0 Å². The van der Waals surface area contributed by atoms with E-state index in [1.54, 1.807) is 0 Å². The van der Waals surface area contributed by atoms with Gasteiger partial charge in [-0.2, -0.15) is 0 Å². The molecule has 0 radical (unpaired) electrons. The molecule has 1 nitrogen and oxygen atoms in total. The molecule has 0 saturated heterocycles. The number of hydrogen-bond donors (Lipinski definition) is 0. The molecule has 4 unspecified atom stereocenters. The van der Waals surface area contributed by atoms with Crippen LogP contribution in [0.4, 0.5) is 0 Å². The number of carbonyl (C=O) groups is 1. The summed E-state index contributed by atoms with van der Waals surface area (Å²) in [5.41, 5.74) is 0. The first-order chi connectivity index (χ1) is 5.24. The molecule has 2 aliphatic rings. The van der Waals surface area contributed by atoms with Gasteiger partial charge in [0, 0.05) is 5.92 Å². The second-order valence-corrected chi connectivity index (χ2v) is 4.79. The van der Waals surface area contributed by atoms with E-state index in [-0.39, 0.29) is 4.83 Å². The van der Waals surface area contributed by atoms with Gasteiger partial charge in [0.05, 0.1) is 4.83 Å². The summed E-state index contributed by atoms with van der Waals surface area (Å²) in [5.74, 6) is 2.37. The van der Waals surface area contributed by atoms with Crippen LogP contribution < -0.4 is 0 Å². The number of alkyl halides is 1. The first-order valence-corrected chi connectivity index (χ1v) is 5.33. The lowest BCUT2D eigenvalue weighted by Gasteiger charge is -2.23. The Kier molecular flexibility index (Phi) is 1.82. The molecule has 2 saturated carbocycles. The Balaban J connectivity index is 2.16. The highest BCUT2D eigenvalue weighted by Gasteiger charge is 2.50. The number of fused-ring (bicyclic) bond motifs is 2. The molecule has 2 aliphatic carbocycles. The van der Waals surface area contributed by atoms with E-state index >= 15 is 0 Å². The van der Waals surface area contributed by atoms with Crippen LogP contribution in [0.25, 0.3) is 0 Å². The summed E-state index contributed by atoms with van der Waals surface area (Å²) >= 11 is 3.49. The standard InChI is InChI=1S/C9H13BrO/c1-2-5-3-6-4-7(5)8(10)9(6)11/h5-8H,2-4H2,1H3. The molecule has 0 heterocycles. The topological polar surface area (TPSA) is 17.1 Å². The summed E-state index contributed by atoms with van der Waals surface area (Å²) in [4.78, 5) is 11.6. The minimum Gasteiger partial charge on any atom is -0.298 e. The number of hydrogen-bond acceptors (Lipinski definition) is 1. The van der Waals surface area contributed by atoms with Gasteiger partial charge in [-0.05, 0) is 24.7 Å². The predicted octanol–water partition coefficient (Wildman–Crippen LogP) is 2.39. The highest BCUT2D eigenvalue weighted by molar-refractivity contribution is 9.10. The summed E-state index contributed by atoms with van der Waals surface area (Å²) in [6.07, 6.45) is 3.58. The van der Waals surface area contributed by atoms with Crippen molar-refractivity contribution < 1.29 is 4.79 Å². The molecular formula is C9H13BrO. The first kappa shape index (κ1) is 7.78. The van der Waals surface area contributed by atoms with E-state index in [0.717, 1.165) is 12.3 Å². The van der Waals surface area contributed by atoms with Gasteiger partial charge in [-0.15, -0.1) is 0 Å². The molecule has 0 aliphatic heterocycles. The number of ketones is 1. The van der Waals surface area contributed by atoms with E-state index in [4.69, 9.17) is 0 Å². The van der Waals surface area contributed by atoms with Crippen molar-refractivity contribution in [2.45, 2.75) is 31.0 Å². The van der Waals surface area contributed by atoms with Crippen LogP contribution in [0.5, 0.6) is 0 Å². The minimum atomic E-state index is 0.200. The van der Waals surface area contributed by atoms with Crippen molar-refractivity contribution in [3.63, 3.8) is 0 Å². The van der Waals surface area contributed by atoms with Gasteiger partial charge in [-0.25, -0.2) is 0 Å². The monoisotopic (exact) mass is 216 g/mol. The van der Waals surface area contributed by atoms with E-state index in [1.807, 2.05) is 0 Å². The molecule has 0 aromatic heterocycles. The SMILES string of the molecule is CCC1CC2CC1C(Br)C2=O. The zero-order chi connectivity index (χ0) is 8.01. The third-order valence-corrected chi connectivity index (χ3v) is 4.45. The second-order valence-electron chi connectivity index (χ2n) is 3.80. The van der Waals surface area contributed by atoms with Crippen molar-refractivity contribution in [1.29, 1.82) is 0 Å². The van der Waals surface area contributed by atoms with Gasteiger partial charge in [0.15, 0.2) is 0 Å². The quantitative estimate of drug-likeness (QED) is 0.616. The van der Waals surface area contributed by atoms with Crippen molar-refractivity contribution in [2.75, 3.05) is 0 Å². The lowest BCUT2D eigenvalue weighted by atomic mass is 9.86. The Bertz CT molecular complexity index is 184. The predicted molar refractivity (Wildman–Crippen MR) is 47.7 cm³/mol. The van der Waals surface area contributed by atoms with Crippen LogP contribution in [0.2, 0.25) is 0 Å². The fraction of sp³-hybridized carbons (Fsp3) is 0.889. The third kappa shape index (κ3) is 0.986. The summed E-state index contributed by atoms with van der Waals surface area (Å²) < 4.78 is 0. The number of halogens is 1. The van der Waals surface area contributed by atoms with Gasteiger partial charge in [-0.1, -0.05) is 29.3 Å². The Morgan fingerprint density at radius 2 is 2.27 bits per heavy atom. The molecule has 2 bridgehead atoms. The molecule has 4 atom stereocenters. The lowest BCUT2D eigenvalue weighted by molar-refractivity contribution is -0.121. The number of Topliss-reactive ketones (excluding diaryl/α,β-unsaturated/α-hetero) is 1. The van der Waals surface area contributed by atoms with Crippen LogP contribution in [0, 0.1) is 17.8 Å². The minimum absolute atomic E-state index is 0.200. The molecule has 0 aromatic rings. The largest absolute Gasteiger partial charge is 0.298 e. The van der Waals surface area contributed by atoms with Crippen molar-refractivity contribution in [2.24, 2.45) is 17.8 Å². The number of rotatable bonds is 1. The van der Waals surface area contributed by atoms with Gasteiger partial charge in [-0.3, -0.25) is 4.79 Å². The molecule has 62 valence electrons. The van der Waals surface area contributed by atoms with Crippen LogP contribution in [0.3, 0.4) is 0 Å². The summed E-state index contributed by atoms with van der Waals surface area (Å²) in [5, 5.41) is 0. The van der Waals surface area contributed by atoms with Crippen LogP contribution in [0.1, 0.15) is 26.2 Å². The van der Waals surface area contributed by atoms with Crippen LogP contribution in [0.15, 0.2) is 0 Å². The lowest BCUT2D eigenvalue weighted by Crippen LogP contribution is -2.27. The maximum absolute atomic E-state index is 11.4. The molecule has 0 amide bonds. The van der Waals surface area contributed by atoms with Crippen molar-refractivity contribution in [3.8, 4) is 0 Å². The van der Waals surface area contributed by atoms with Crippen molar-refractivity contribution in [3.05, 3.63) is 0 Å². The second kappa shape index (κ2) is 2.58.